The number of aliphatic hydroxyl groups is 1. The number of hydrogen-bond acceptors (Lipinski definition) is 2. The first-order valence-electron chi connectivity index (χ1n) is 3.81. The number of nitrogens with zero attached hydrogens (tertiary/aromatic N) is 1. The maximum absolute atomic E-state index is 9.00. The Morgan fingerprint density at radius 3 is 1.83 bits per heavy atom. The summed E-state index contributed by atoms with van der Waals surface area (Å²) in [6, 6.07) is 0. The van der Waals surface area contributed by atoms with Gasteiger partial charge in [-0.15, -0.1) is 0 Å². The standard InChI is InChI=1S/C6H13NO.CHI3/c1-7-4-2-6(8)3-5-7;2-1(3)4/h6,8H,2-5H2,1H3;1H. The van der Waals surface area contributed by atoms with E-state index in [1.54, 1.807) is 0 Å². The van der Waals surface area contributed by atoms with Gasteiger partial charge in [0.1, 0.15) is -0.0619 Å². The molecule has 12 heavy (non-hydrogen) atoms. The molecule has 1 heterocycles. The quantitative estimate of drug-likeness (QED) is 0.402. The van der Waals surface area contributed by atoms with E-state index < -0.39 is 0 Å². The average molecular weight is 509 g/mol. The maximum atomic E-state index is 9.00. The first kappa shape index (κ1) is 14.1. The molecule has 0 radical (unpaired) electrons. The van der Waals surface area contributed by atoms with Crippen molar-refractivity contribution < 1.29 is 5.11 Å². The van der Waals surface area contributed by atoms with Crippen molar-refractivity contribution in [3.05, 3.63) is 0 Å². The van der Waals surface area contributed by atoms with Gasteiger partial charge in [-0.1, -0.05) is 67.8 Å². The SMILES string of the molecule is CN1CCC(O)CC1.IC(I)I. The van der Waals surface area contributed by atoms with Gasteiger partial charge < -0.3 is 10.0 Å². The van der Waals surface area contributed by atoms with Crippen molar-refractivity contribution in [2.45, 2.75) is 18.9 Å². The van der Waals surface area contributed by atoms with Crippen LogP contribution in [0.2, 0.25) is 0 Å². The van der Waals surface area contributed by atoms with Crippen LogP contribution in [0.4, 0.5) is 0 Å². The third kappa shape index (κ3) is 10.2. The summed E-state index contributed by atoms with van der Waals surface area (Å²) in [6.45, 7) is 2.11. The maximum Gasteiger partial charge on any atom is 0.114 e. The van der Waals surface area contributed by atoms with Crippen LogP contribution in [-0.2, 0) is 0 Å². The van der Waals surface area contributed by atoms with Crippen molar-refractivity contribution in [2.24, 2.45) is 0 Å². The van der Waals surface area contributed by atoms with Gasteiger partial charge in [-0.25, -0.2) is 0 Å². The van der Waals surface area contributed by atoms with Crippen molar-refractivity contribution >= 4 is 67.8 Å². The highest BCUT2D eigenvalue weighted by atomic mass is 127. The Morgan fingerprint density at radius 2 is 1.58 bits per heavy atom. The Labute approximate surface area is 115 Å². The molecule has 0 aromatic heterocycles. The Hall–Kier alpha value is 2.11. The van der Waals surface area contributed by atoms with Crippen LogP contribution in [0.1, 0.15) is 12.8 Å². The molecule has 74 valence electrons. The summed E-state index contributed by atoms with van der Waals surface area (Å²) < 4.78 is 0.743. The Bertz CT molecular complexity index is 92.1. The van der Waals surface area contributed by atoms with Gasteiger partial charge in [0.2, 0.25) is 0 Å². The van der Waals surface area contributed by atoms with Crippen LogP contribution in [0.15, 0.2) is 0 Å². The Balaban J connectivity index is 0.000000261. The molecular weight excluding hydrogens is 495 g/mol. The van der Waals surface area contributed by atoms with Gasteiger partial charge in [-0.05, 0) is 19.9 Å². The molecular formula is C7H14I3NO. The van der Waals surface area contributed by atoms with E-state index in [1.165, 1.54) is 0 Å². The van der Waals surface area contributed by atoms with E-state index in [0.717, 1.165) is 25.9 Å². The molecule has 1 aliphatic rings. The second kappa shape index (κ2) is 8.42. The summed E-state index contributed by atoms with van der Waals surface area (Å²) in [5, 5.41) is 9.00. The monoisotopic (exact) mass is 509 g/mol. The highest BCUT2D eigenvalue weighted by molar-refractivity contribution is 14.3. The van der Waals surface area contributed by atoms with Gasteiger partial charge in [0.05, 0.1) is 6.10 Å². The van der Waals surface area contributed by atoms with Crippen LogP contribution in [0.5, 0.6) is 0 Å². The summed E-state index contributed by atoms with van der Waals surface area (Å²) in [5.41, 5.74) is 0. The highest BCUT2D eigenvalue weighted by Crippen LogP contribution is 2.16. The van der Waals surface area contributed by atoms with E-state index in [9.17, 15) is 0 Å². The molecule has 0 aromatic rings. The summed E-state index contributed by atoms with van der Waals surface area (Å²) in [6.07, 6.45) is 1.89. The number of aliphatic hydroxyl groups excluding tert-OH is 1. The number of rotatable bonds is 0. The molecule has 0 spiro atoms. The zero-order valence-electron chi connectivity index (χ0n) is 7.01. The molecule has 0 amide bonds. The fourth-order valence-electron chi connectivity index (χ4n) is 0.995. The third-order valence-corrected chi connectivity index (χ3v) is 1.69. The molecule has 5 heteroatoms. The fourth-order valence-corrected chi connectivity index (χ4v) is 0.995. The summed E-state index contributed by atoms with van der Waals surface area (Å²) >= 11 is 6.95. The van der Waals surface area contributed by atoms with Gasteiger partial charge in [-0.2, -0.15) is 0 Å². The first-order chi connectivity index (χ1) is 5.52. The lowest BCUT2D eigenvalue weighted by molar-refractivity contribution is 0.0943. The first-order valence-corrected chi connectivity index (χ1v) is 7.55. The summed E-state index contributed by atoms with van der Waals surface area (Å²) in [7, 11) is 2.09. The lowest BCUT2D eigenvalue weighted by Gasteiger charge is -2.25. The van der Waals surface area contributed by atoms with E-state index in [-0.39, 0.29) is 6.10 Å². The van der Waals surface area contributed by atoms with Gasteiger partial charge in [0.15, 0.2) is 0 Å². The van der Waals surface area contributed by atoms with Crippen molar-refractivity contribution in [1.29, 1.82) is 0 Å². The minimum Gasteiger partial charge on any atom is -0.393 e. The number of hydrogen-bond donors (Lipinski definition) is 1. The minimum absolute atomic E-state index is 0.0220. The predicted octanol–water partition coefficient (Wildman–Crippen LogP) is 2.65. The molecule has 0 aliphatic carbocycles. The van der Waals surface area contributed by atoms with Crippen molar-refractivity contribution in [2.75, 3.05) is 20.1 Å². The number of alkyl halides is 3. The lowest BCUT2D eigenvalue weighted by Crippen LogP contribution is -2.32. The van der Waals surface area contributed by atoms with Crippen LogP contribution >= 0.6 is 67.8 Å². The van der Waals surface area contributed by atoms with E-state index in [2.05, 4.69) is 79.7 Å². The van der Waals surface area contributed by atoms with Crippen LogP contribution in [0, 0.1) is 0 Å². The fraction of sp³-hybridized carbons (Fsp3) is 1.00. The summed E-state index contributed by atoms with van der Waals surface area (Å²) in [4.78, 5) is 2.24. The molecule has 1 saturated heterocycles. The van der Waals surface area contributed by atoms with E-state index in [0.29, 0.717) is 0 Å². The smallest absolute Gasteiger partial charge is 0.114 e. The van der Waals surface area contributed by atoms with Crippen LogP contribution in [0.25, 0.3) is 0 Å². The second-order valence-corrected chi connectivity index (χ2v) is 13.7. The van der Waals surface area contributed by atoms with Crippen LogP contribution in [-0.4, -0.2) is 36.2 Å². The van der Waals surface area contributed by atoms with Crippen molar-refractivity contribution in [1.82, 2.24) is 4.90 Å². The zero-order chi connectivity index (χ0) is 9.56. The molecule has 1 rings (SSSR count). The van der Waals surface area contributed by atoms with Gasteiger partial charge in [0.25, 0.3) is 0 Å². The van der Waals surface area contributed by atoms with Crippen molar-refractivity contribution in [3.63, 3.8) is 0 Å². The van der Waals surface area contributed by atoms with Gasteiger partial charge >= 0.3 is 0 Å². The molecule has 1 aliphatic heterocycles. The zero-order valence-corrected chi connectivity index (χ0v) is 13.5. The average Bonchev–Trinajstić information content (AvgIpc) is 1.94. The van der Waals surface area contributed by atoms with Crippen molar-refractivity contribution in [3.8, 4) is 0 Å². The molecule has 0 saturated carbocycles. The summed E-state index contributed by atoms with van der Waals surface area (Å²) in [5.74, 6) is 0. The van der Waals surface area contributed by atoms with Gasteiger partial charge in [0, 0.05) is 13.1 Å². The minimum atomic E-state index is -0.0220. The molecule has 0 bridgehead atoms. The topological polar surface area (TPSA) is 23.5 Å². The van der Waals surface area contributed by atoms with E-state index >= 15 is 0 Å². The number of piperidine rings is 1. The van der Waals surface area contributed by atoms with E-state index in [4.69, 9.17) is 5.11 Å². The van der Waals surface area contributed by atoms with Crippen LogP contribution < -0.4 is 0 Å². The molecule has 1 N–H and O–H groups in total. The molecule has 0 unspecified atom stereocenters. The lowest BCUT2D eigenvalue weighted by atomic mass is 10.1. The normalized spacial score (nSPS) is 20.5. The van der Waals surface area contributed by atoms with Crippen LogP contribution in [0.3, 0.4) is 0 Å². The molecule has 2 nitrogen and oxygen atoms in total. The Kier molecular flexibility index (Phi) is 9.90. The molecule has 0 atom stereocenters. The molecule has 1 fully saturated rings. The van der Waals surface area contributed by atoms with Gasteiger partial charge in [-0.3, -0.25) is 0 Å². The largest absolute Gasteiger partial charge is 0.393 e. The molecule has 0 aromatic carbocycles. The second-order valence-electron chi connectivity index (χ2n) is 2.78. The van der Waals surface area contributed by atoms with E-state index in [1.807, 2.05) is 0 Å². The number of halogens is 3. The Morgan fingerprint density at radius 1 is 1.25 bits per heavy atom. The number of likely N-dealkylation sites (tertiary alicyclic amines) is 1. The third-order valence-electron chi connectivity index (χ3n) is 1.69. The highest BCUT2D eigenvalue weighted by Gasteiger charge is 2.12. The predicted molar refractivity (Wildman–Crippen MR) is 78.6 cm³/mol.